The fourth-order valence-corrected chi connectivity index (χ4v) is 3.09. The molecule has 2 heterocycles. The molecule has 0 radical (unpaired) electrons. The number of hydrogen-bond donors (Lipinski definition) is 1. The Morgan fingerprint density at radius 3 is 2.68 bits per heavy atom. The van der Waals surface area contributed by atoms with Crippen LogP contribution in [0.4, 0.5) is 0 Å². The minimum atomic E-state index is -0.892. The number of carbonyl (C=O) groups is 2. The zero-order chi connectivity index (χ0) is 18.0. The van der Waals surface area contributed by atoms with E-state index in [0.29, 0.717) is 5.78 Å². The largest absolute Gasteiger partial charge is 0.447 e. The lowest BCUT2D eigenvalue weighted by atomic mass is 9.95. The molecule has 2 aromatic heterocycles. The van der Waals surface area contributed by atoms with E-state index >= 15 is 0 Å². The van der Waals surface area contributed by atoms with E-state index in [1.165, 1.54) is 10.9 Å². The Kier molecular flexibility index (Phi) is 4.96. The number of nitrogens with one attached hydrogen (secondary N) is 1. The molecule has 1 amide bonds. The molecule has 8 heteroatoms. The van der Waals surface area contributed by atoms with Crippen LogP contribution in [0.3, 0.4) is 0 Å². The summed E-state index contributed by atoms with van der Waals surface area (Å²) in [7, 11) is 0. The maximum atomic E-state index is 12.2. The van der Waals surface area contributed by atoms with Gasteiger partial charge in [-0.2, -0.15) is 4.98 Å². The van der Waals surface area contributed by atoms with Crippen LogP contribution in [0.2, 0.25) is 0 Å². The summed E-state index contributed by atoms with van der Waals surface area (Å²) in [6, 6.07) is 2.02. The molecule has 1 N–H and O–H groups in total. The van der Waals surface area contributed by atoms with Crippen LogP contribution in [-0.2, 0) is 9.53 Å². The number of ether oxygens (including phenoxy) is 1. The summed E-state index contributed by atoms with van der Waals surface area (Å²) >= 11 is 0. The molecular formula is C17H23N5O3. The molecule has 2 aromatic rings. The van der Waals surface area contributed by atoms with E-state index in [-0.39, 0.29) is 17.8 Å². The van der Waals surface area contributed by atoms with Crippen LogP contribution >= 0.6 is 0 Å². The van der Waals surface area contributed by atoms with Gasteiger partial charge in [-0.3, -0.25) is 4.79 Å². The van der Waals surface area contributed by atoms with Crippen LogP contribution in [0, 0.1) is 13.8 Å². The number of esters is 1. The third-order valence-electron chi connectivity index (χ3n) is 4.41. The molecule has 1 fully saturated rings. The first-order valence-corrected chi connectivity index (χ1v) is 8.66. The van der Waals surface area contributed by atoms with Gasteiger partial charge in [-0.1, -0.05) is 19.3 Å². The second-order valence-corrected chi connectivity index (χ2v) is 6.58. The summed E-state index contributed by atoms with van der Waals surface area (Å²) in [5.74, 6) is -0.773. The molecular weight excluding hydrogens is 322 g/mol. The molecule has 1 aliphatic rings. The van der Waals surface area contributed by atoms with E-state index < -0.39 is 12.1 Å². The molecule has 0 spiro atoms. The molecule has 0 aliphatic heterocycles. The van der Waals surface area contributed by atoms with Crippen molar-refractivity contribution in [2.24, 2.45) is 0 Å². The van der Waals surface area contributed by atoms with Crippen molar-refractivity contribution in [2.45, 2.75) is 65.0 Å². The molecule has 1 saturated carbocycles. The fourth-order valence-electron chi connectivity index (χ4n) is 3.09. The van der Waals surface area contributed by atoms with Crippen molar-refractivity contribution in [3.8, 4) is 0 Å². The van der Waals surface area contributed by atoms with Gasteiger partial charge in [0.15, 0.2) is 6.10 Å². The van der Waals surface area contributed by atoms with E-state index in [2.05, 4.69) is 20.4 Å². The Hall–Kier alpha value is -2.51. The number of amides is 1. The first kappa shape index (κ1) is 17.3. The molecule has 1 atom stereocenters. The number of aryl methyl sites for hydroxylation is 2. The van der Waals surface area contributed by atoms with E-state index in [0.717, 1.165) is 37.1 Å². The van der Waals surface area contributed by atoms with Crippen molar-refractivity contribution in [1.29, 1.82) is 0 Å². The SMILES string of the molecule is Cc1cc(C)n2nc(C(=O)OC(C)C(=O)NC3CCCCC3)nc2n1. The predicted octanol–water partition coefficient (Wildman–Crippen LogP) is 1.74. The monoisotopic (exact) mass is 345 g/mol. The van der Waals surface area contributed by atoms with Crippen LogP contribution in [0.1, 0.15) is 61.0 Å². The Labute approximate surface area is 146 Å². The molecule has 0 bridgehead atoms. The summed E-state index contributed by atoms with van der Waals surface area (Å²) in [6.45, 7) is 5.25. The predicted molar refractivity (Wildman–Crippen MR) is 90.1 cm³/mol. The van der Waals surface area contributed by atoms with Crippen LogP contribution < -0.4 is 5.32 Å². The minimum absolute atomic E-state index is 0.0986. The maximum absolute atomic E-state index is 12.2. The molecule has 134 valence electrons. The number of carbonyl (C=O) groups excluding carboxylic acids is 2. The summed E-state index contributed by atoms with van der Waals surface area (Å²) in [5, 5.41) is 7.06. The highest BCUT2D eigenvalue weighted by Crippen LogP contribution is 2.17. The van der Waals surface area contributed by atoms with Gasteiger partial charge < -0.3 is 10.1 Å². The van der Waals surface area contributed by atoms with E-state index in [9.17, 15) is 9.59 Å². The van der Waals surface area contributed by atoms with Gasteiger partial charge in [0.2, 0.25) is 0 Å². The highest BCUT2D eigenvalue weighted by Gasteiger charge is 2.25. The van der Waals surface area contributed by atoms with Crippen molar-refractivity contribution in [2.75, 3.05) is 0 Å². The van der Waals surface area contributed by atoms with Gasteiger partial charge in [0.1, 0.15) is 0 Å². The fraction of sp³-hybridized carbons (Fsp3) is 0.588. The topological polar surface area (TPSA) is 98.5 Å². The Morgan fingerprint density at radius 1 is 1.24 bits per heavy atom. The van der Waals surface area contributed by atoms with E-state index in [1.807, 2.05) is 19.9 Å². The van der Waals surface area contributed by atoms with Gasteiger partial charge in [0.25, 0.3) is 17.5 Å². The second kappa shape index (κ2) is 7.16. The standard InChI is InChI=1S/C17H23N5O3/c1-10-9-11(2)22-17(18-10)20-14(21-22)16(24)25-12(3)15(23)19-13-7-5-4-6-8-13/h9,12-13H,4-8H2,1-3H3,(H,19,23). The van der Waals surface area contributed by atoms with Crippen molar-refractivity contribution in [3.63, 3.8) is 0 Å². The highest BCUT2D eigenvalue weighted by molar-refractivity contribution is 5.89. The molecule has 1 aliphatic carbocycles. The van der Waals surface area contributed by atoms with Crippen molar-refractivity contribution >= 4 is 17.7 Å². The third kappa shape index (κ3) is 3.94. The summed E-state index contributed by atoms with van der Waals surface area (Å²) in [6.07, 6.45) is 4.52. The lowest BCUT2D eigenvalue weighted by Crippen LogP contribution is -2.42. The molecule has 0 aromatic carbocycles. The quantitative estimate of drug-likeness (QED) is 0.848. The Balaban J connectivity index is 1.64. The average Bonchev–Trinajstić information content (AvgIpc) is 3.00. The van der Waals surface area contributed by atoms with Gasteiger partial charge in [-0.05, 0) is 39.7 Å². The summed E-state index contributed by atoms with van der Waals surface area (Å²) in [4.78, 5) is 32.8. The van der Waals surface area contributed by atoms with Crippen LogP contribution in [0.15, 0.2) is 6.07 Å². The first-order chi connectivity index (χ1) is 11.9. The molecule has 25 heavy (non-hydrogen) atoms. The van der Waals surface area contributed by atoms with Crippen LogP contribution in [0.5, 0.6) is 0 Å². The molecule has 3 rings (SSSR count). The van der Waals surface area contributed by atoms with Crippen molar-refractivity contribution < 1.29 is 14.3 Å². The third-order valence-corrected chi connectivity index (χ3v) is 4.41. The Bertz CT molecular complexity index is 795. The molecule has 0 saturated heterocycles. The van der Waals surface area contributed by atoms with Gasteiger partial charge in [0, 0.05) is 17.4 Å². The van der Waals surface area contributed by atoms with Crippen LogP contribution in [-0.4, -0.2) is 43.6 Å². The number of fused-ring (bicyclic) bond motifs is 1. The summed E-state index contributed by atoms with van der Waals surface area (Å²) in [5.41, 5.74) is 1.61. The average molecular weight is 345 g/mol. The number of hydrogen-bond acceptors (Lipinski definition) is 6. The van der Waals surface area contributed by atoms with Gasteiger partial charge in [0.05, 0.1) is 0 Å². The smallest absolute Gasteiger partial charge is 0.379 e. The minimum Gasteiger partial charge on any atom is -0.447 e. The number of aromatic nitrogens is 4. The van der Waals surface area contributed by atoms with Gasteiger partial charge >= 0.3 is 5.97 Å². The van der Waals surface area contributed by atoms with E-state index in [4.69, 9.17) is 4.74 Å². The first-order valence-electron chi connectivity index (χ1n) is 8.66. The maximum Gasteiger partial charge on any atom is 0.379 e. The van der Waals surface area contributed by atoms with Crippen LogP contribution in [0.25, 0.3) is 5.78 Å². The van der Waals surface area contributed by atoms with Crippen molar-refractivity contribution in [3.05, 3.63) is 23.3 Å². The zero-order valence-electron chi connectivity index (χ0n) is 14.8. The second-order valence-electron chi connectivity index (χ2n) is 6.58. The lowest BCUT2D eigenvalue weighted by Gasteiger charge is -2.24. The van der Waals surface area contributed by atoms with Crippen molar-refractivity contribution in [1.82, 2.24) is 24.9 Å². The van der Waals surface area contributed by atoms with E-state index in [1.54, 1.807) is 6.92 Å². The summed E-state index contributed by atoms with van der Waals surface area (Å²) < 4.78 is 6.70. The Morgan fingerprint density at radius 2 is 1.96 bits per heavy atom. The number of rotatable bonds is 4. The lowest BCUT2D eigenvalue weighted by molar-refractivity contribution is -0.130. The zero-order valence-corrected chi connectivity index (χ0v) is 14.8. The molecule has 8 nitrogen and oxygen atoms in total. The highest BCUT2D eigenvalue weighted by atomic mass is 16.5. The number of nitrogens with zero attached hydrogens (tertiary/aromatic N) is 4. The molecule has 1 unspecified atom stereocenters. The van der Waals surface area contributed by atoms with Gasteiger partial charge in [-0.25, -0.2) is 14.3 Å². The normalized spacial score (nSPS) is 16.6. The van der Waals surface area contributed by atoms with Gasteiger partial charge in [-0.15, -0.1) is 5.10 Å².